The summed E-state index contributed by atoms with van der Waals surface area (Å²) in [4.78, 5) is 19.5. The molecule has 29 heavy (non-hydrogen) atoms. The second-order valence-electron chi connectivity index (χ2n) is 7.39. The fourth-order valence-corrected chi connectivity index (χ4v) is 3.93. The van der Waals surface area contributed by atoms with Gasteiger partial charge in [0.15, 0.2) is 11.5 Å². The average Bonchev–Trinajstić information content (AvgIpc) is 3.48. The summed E-state index contributed by atoms with van der Waals surface area (Å²) in [6.07, 6.45) is 8.48. The van der Waals surface area contributed by atoms with Crippen molar-refractivity contribution in [3.63, 3.8) is 0 Å². The zero-order valence-electron chi connectivity index (χ0n) is 16.2. The van der Waals surface area contributed by atoms with Gasteiger partial charge in [0.1, 0.15) is 0 Å². The molecule has 0 bridgehead atoms. The molecule has 1 N–H and O–H groups in total. The van der Waals surface area contributed by atoms with Crippen LogP contribution >= 0.6 is 0 Å². The number of hydrogen-bond acceptors (Lipinski definition) is 4. The SMILES string of the molecule is Cc1ccccc1-n1ccc(C(=O)N[C@H]2CCN(c3nccn4cccc34)C2)n1. The summed E-state index contributed by atoms with van der Waals surface area (Å²) >= 11 is 0. The molecular weight excluding hydrogens is 364 g/mol. The molecule has 5 rings (SSSR count). The molecule has 1 amide bonds. The van der Waals surface area contributed by atoms with E-state index in [9.17, 15) is 4.79 Å². The van der Waals surface area contributed by atoms with E-state index < -0.39 is 0 Å². The molecule has 0 aliphatic carbocycles. The number of carbonyl (C=O) groups excluding carboxylic acids is 1. The monoisotopic (exact) mass is 386 g/mol. The summed E-state index contributed by atoms with van der Waals surface area (Å²) in [6, 6.07) is 13.9. The van der Waals surface area contributed by atoms with Crippen LogP contribution in [0.4, 0.5) is 5.82 Å². The van der Waals surface area contributed by atoms with E-state index in [2.05, 4.69) is 30.8 Å². The molecule has 3 aromatic heterocycles. The molecule has 1 aliphatic rings. The Kier molecular flexibility index (Phi) is 4.27. The summed E-state index contributed by atoms with van der Waals surface area (Å²) in [5.41, 5.74) is 3.60. The zero-order chi connectivity index (χ0) is 19.8. The fraction of sp³-hybridized carbons (Fsp3) is 0.227. The van der Waals surface area contributed by atoms with Crippen molar-refractivity contribution in [1.82, 2.24) is 24.5 Å². The van der Waals surface area contributed by atoms with Gasteiger partial charge in [-0.2, -0.15) is 5.10 Å². The molecule has 146 valence electrons. The van der Waals surface area contributed by atoms with Crippen molar-refractivity contribution >= 4 is 17.2 Å². The Balaban J connectivity index is 1.28. The zero-order valence-corrected chi connectivity index (χ0v) is 16.2. The highest BCUT2D eigenvalue weighted by atomic mass is 16.2. The lowest BCUT2D eigenvalue weighted by Crippen LogP contribution is -2.37. The summed E-state index contributed by atoms with van der Waals surface area (Å²) in [5, 5.41) is 7.59. The third kappa shape index (κ3) is 3.24. The van der Waals surface area contributed by atoms with E-state index in [1.54, 1.807) is 10.7 Å². The first-order valence-electron chi connectivity index (χ1n) is 9.78. The molecule has 1 fully saturated rings. The summed E-state index contributed by atoms with van der Waals surface area (Å²) in [7, 11) is 0. The van der Waals surface area contributed by atoms with E-state index in [-0.39, 0.29) is 11.9 Å². The van der Waals surface area contributed by atoms with Crippen LogP contribution in [0.5, 0.6) is 0 Å². The van der Waals surface area contributed by atoms with Crippen LogP contribution in [-0.2, 0) is 0 Å². The van der Waals surface area contributed by atoms with Gasteiger partial charge in [-0.05, 0) is 43.2 Å². The quantitative estimate of drug-likeness (QED) is 0.586. The second kappa shape index (κ2) is 7.09. The number of nitrogens with zero attached hydrogens (tertiary/aromatic N) is 5. The lowest BCUT2D eigenvalue weighted by molar-refractivity contribution is 0.0935. The van der Waals surface area contributed by atoms with Gasteiger partial charge in [-0.25, -0.2) is 9.67 Å². The minimum Gasteiger partial charge on any atom is -0.353 e. The smallest absolute Gasteiger partial charge is 0.272 e. The Hall–Kier alpha value is -3.61. The Bertz CT molecular complexity index is 1180. The van der Waals surface area contributed by atoms with Crippen molar-refractivity contribution in [1.29, 1.82) is 0 Å². The third-order valence-electron chi connectivity index (χ3n) is 5.44. The minimum absolute atomic E-state index is 0.0723. The van der Waals surface area contributed by atoms with Crippen LogP contribution in [0.1, 0.15) is 22.5 Å². The van der Waals surface area contributed by atoms with Gasteiger partial charge in [0.2, 0.25) is 0 Å². The van der Waals surface area contributed by atoms with Gasteiger partial charge in [-0.1, -0.05) is 18.2 Å². The summed E-state index contributed by atoms with van der Waals surface area (Å²) in [6.45, 7) is 3.63. The predicted octanol–water partition coefficient (Wildman–Crippen LogP) is 2.84. The number of aryl methyl sites for hydroxylation is 1. The number of fused-ring (bicyclic) bond motifs is 1. The van der Waals surface area contributed by atoms with Crippen LogP contribution in [0, 0.1) is 6.92 Å². The van der Waals surface area contributed by atoms with Crippen LogP contribution in [0.2, 0.25) is 0 Å². The van der Waals surface area contributed by atoms with Gasteiger partial charge in [-0.15, -0.1) is 0 Å². The Labute approximate surface area is 168 Å². The normalized spacial score (nSPS) is 16.4. The molecule has 4 heterocycles. The van der Waals surface area contributed by atoms with Crippen LogP contribution in [0.15, 0.2) is 67.3 Å². The lowest BCUT2D eigenvalue weighted by Gasteiger charge is -2.18. The molecule has 1 saturated heterocycles. The molecule has 0 unspecified atom stereocenters. The molecule has 7 heteroatoms. The van der Waals surface area contributed by atoms with Gasteiger partial charge >= 0.3 is 0 Å². The Morgan fingerprint density at radius 3 is 2.90 bits per heavy atom. The molecule has 0 saturated carbocycles. The number of hydrogen-bond donors (Lipinski definition) is 1. The third-order valence-corrected chi connectivity index (χ3v) is 5.44. The first-order chi connectivity index (χ1) is 14.2. The van der Waals surface area contributed by atoms with Gasteiger partial charge in [0.25, 0.3) is 5.91 Å². The van der Waals surface area contributed by atoms with Gasteiger partial charge in [0, 0.05) is 43.9 Å². The van der Waals surface area contributed by atoms with E-state index >= 15 is 0 Å². The molecule has 7 nitrogen and oxygen atoms in total. The number of anilines is 1. The number of aromatic nitrogens is 4. The number of nitrogens with one attached hydrogen (secondary N) is 1. The Morgan fingerprint density at radius 2 is 2.00 bits per heavy atom. The molecule has 1 aliphatic heterocycles. The van der Waals surface area contributed by atoms with Crippen molar-refractivity contribution in [2.45, 2.75) is 19.4 Å². The Morgan fingerprint density at radius 1 is 1.10 bits per heavy atom. The summed E-state index contributed by atoms with van der Waals surface area (Å²) < 4.78 is 3.81. The van der Waals surface area contributed by atoms with E-state index in [4.69, 9.17) is 0 Å². The van der Waals surface area contributed by atoms with Crippen molar-refractivity contribution in [3.8, 4) is 5.69 Å². The van der Waals surface area contributed by atoms with Crippen LogP contribution in [0.25, 0.3) is 11.2 Å². The maximum atomic E-state index is 12.7. The van der Waals surface area contributed by atoms with Crippen molar-refractivity contribution in [2.75, 3.05) is 18.0 Å². The van der Waals surface area contributed by atoms with Crippen molar-refractivity contribution in [2.24, 2.45) is 0 Å². The number of carbonyl (C=O) groups is 1. The van der Waals surface area contributed by atoms with E-state index in [0.717, 1.165) is 42.1 Å². The van der Waals surface area contributed by atoms with Crippen molar-refractivity contribution in [3.05, 3.63) is 78.5 Å². The van der Waals surface area contributed by atoms with Gasteiger partial charge < -0.3 is 14.6 Å². The van der Waals surface area contributed by atoms with Gasteiger partial charge in [0.05, 0.1) is 11.2 Å². The largest absolute Gasteiger partial charge is 0.353 e. The number of amides is 1. The van der Waals surface area contributed by atoms with Crippen LogP contribution in [-0.4, -0.2) is 44.2 Å². The number of para-hydroxylation sites is 1. The van der Waals surface area contributed by atoms with E-state index in [1.165, 1.54) is 0 Å². The van der Waals surface area contributed by atoms with Crippen molar-refractivity contribution < 1.29 is 4.79 Å². The molecule has 1 aromatic carbocycles. The fourth-order valence-electron chi connectivity index (χ4n) is 3.93. The standard InChI is InChI=1S/C22H22N6O/c1-16-5-2-3-6-19(16)28-13-9-18(25-28)22(29)24-17-8-12-27(15-17)21-20-7-4-11-26(20)14-10-23-21/h2-7,9-11,13-14,17H,8,12,15H2,1H3,(H,24,29)/t17-/m0/s1. The number of benzene rings is 1. The van der Waals surface area contributed by atoms with Gasteiger partial charge in [-0.3, -0.25) is 4.79 Å². The maximum Gasteiger partial charge on any atom is 0.272 e. The highest BCUT2D eigenvalue weighted by Crippen LogP contribution is 2.23. The highest BCUT2D eigenvalue weighted by Gasteiger charge is 2.27. The first-order valence-corrected chi connectivity index (χ1v) is 9.78. The van der Waals surface area contributed by atoms with E-state index in [1.807, 2.05) is 62.0 Å². The minimum atomic E-state index is -0.141. The molecule has 4 aromatic rings. The first kappa shape index (κ1) is 17.5. The highest BCUT2D eigenvalue weighted by molar-refractivity contribution is 5.92. The van der Waals surface area contributed by atoms with E-state index in [0.29, 0.717) is 5.69 Å². The number of rotatable bonds is 4. The average molecular weight is 386 g/mol. The van der Waals surface area contributed by atoms with Crippen LogP contribution < -0.4 is 10.2 Å². The summed E-state index contributed by atoms with van der Waals surface area (Å²) in [5.74, 6) is 0.816. The molecule has 0 spiro atoms. The second-order valence-corrected chi connectivity index (χ2v) is 7.39. The maximum absolute atomic E-state index is 12.7. The molecule has 0 radical (unpaired) electrons. The lowest BCUT2D eigenvalue weighted by atomic mass is 10.2. The van der Waals surface area contributed by atoms with Crippen LogP contribution in [0.3, 0.4) is 0 Å². The molecular formula is C22H22N6O. The predicted molar refractivity (Wildman–Crippen MR) is 112 cm³/mol. The topological polar surface area (TPSA) is 67.5 Å². The molecule has 1 atom stereocenters.